The number of pyridine rings is 2. The zero-order chi connectivity index (χ0) is 22.4. The maximum atomic E-state index is 14.3. The first kappa shape index (κ1) is 21.6. The molecule has 31 heavy (non-hydrogen) atoms. The molecule has 0 saturated carbocycles. The van der Waals surface area contributed by atoms with E-state index in [2.05, 4.69) is 20.3 Å². The fraction of sp³-hybridized carbons (Fsp3) is 0.174. The van der Waals surface area contributed by atoms with E-state index in [9.17, 15) is 9.18 Å². The summed E-state index contributed by atoms with van der Waals surface area (Å²) in [5.41, 5.74) is 9.39. The Morgan fingerprint density at radius 1 is 1.26 bits per heavy atom. The first-order chi connectivity index (χ1) is 14.9. The normalized spacial score (nSPS) is 16.6. The number of anilines is 1. The lowest BCUT2D eigenvalue weighted by Crippen LogP contribution is -2.34. The van der Waals surface area contributed by atoms with Gasteiger partial charge in [-0.3, -0.25) is 19.8 Å². The number of fused-ring (bicyclic) bond motifs is 1. The minimum atomic E-state index is -0.842. The van der Waals surface area contributed by atoms with Crippen molar-refractivity contribution in [1.29, 1.82) is 5.26 Å². The van der Waals surface area contributed by atoms with E-state index in [4.69, 9.17) is 11.0 Å². The molecule has 1 aliphatic rings. The van der Waals surface area contributed by atoms with Gasteiger partial charge in [0.05, 0.1) is 11.1 Å². The number of aromatic nitrogens is 2. The Labute approximate surface area is 179 Å². The highest BCUT2D eigenvalue weighted by atomic mass is 19.1. The minimum absolute atomic E-state index is 0.360. The summed E-state index contributed by atoms with van der Waals surface area (Å²) in [6.45, 7) is 3.71. The molecule has 1 aromatic carbocycles. The number of carbonyl (C=O) groups excluding carboxylic acids is 1. The van der Waals surface area contributed by atoms with Crippen molar-refractivity contribution in [1.82, 2.24) is 9.97 Å². The molecule has 0 fully saturated rings. The number of amides is 1. The largest absolute Gasteiger partial charge is 0.383 e. The van der Waals surface area contributed by atoms with Crippen molar-refractivity contribution >= 4 is 17.9 Å². The minimum Gasteiger partial charge on any atom is -0.383 e. The van der Waals surface area contributed by atoms with E-state index in [1.54, 1.807) is 36.8 Å². The van der Waals surface area contributed by atoms with Gasteiger partial charge in [0.15, 0.2) is 0 Å². The zero-order valence-electron chi connectivity index (χ0n) is 17.1. The third-order valence-corrected chi connectivity index (χ3v) is 4.89. The van der Waals surface area contributed by atoms with Crippen LogP contribution in [-0.4, -0.2) is 22.2 Å². The highest BCUT2D eigenvalue weighted by Gasteiger charge is 2.34. The Hall–Kier alpha value is -4.12. The smallest absolute Gasteiger partial charge is 0.211 e. The van der Waals surface area contributed by atoms with E-state index in [0.29, 0.717) is 35.5 Å². The summed E-state index contributed by atoms with van der Waals surface area (Å²) in [4.78, 5) is 23.1. The van der Waals surface area contributed by atoms with Crippen LogP contribution in [0.2, 0.25) is 0 Å². The van der Waals surface area contributed by atoms with Crippen molar-refractivity contribution in [2.75, 3.05) is 5.32 Å². The van der Waals surface area contributed by atoms with E-state index >= 15 is 0 Å². The van der Waals surface area contributed by atoms with Gasteiger partial charge in [0, 0.05) is 47.5 Å². The second-order valence-electron chi connectivity index (χ2n) is 7.24. The van der Waals surface area contributed by atoms with Crippen molar-refractivity contribution in [2.24, 2.45) is 10.7 Å². The summed E-state index contributed by atoms with van der Waals surface area (Å²) in [6.07, 6.45) is 5.98. The van der Waals surface area contributed by atoms with Crippen LogP contribution in [0.1, 0.15) is 34.9 Å². The quantitative estimate of drug-likeness (QED) is 0.636. The van der Waals surface area contributed by atoms with Gasteiger partial charge >= 0.3 is 0 Å². The molecule has 0 bridgehead atoms. The van der Waals surface area contributed by atoms with E-state index < -0.39 is 5.54 Å². The Balaban J connectivity index is 0.000000254. The highest BCUT2D eigenvalue weighted by molar-refractivity contribution is 6.00. The van der Waals surface area contributed by atoms with Crippen molar-refractivity contribution in [3.63, 3.8) is 0 Å². The number of amidine groups is 1. The van der Waals surface area contributed by atoms with Crippen LogP contribution in [0.3, 0.4) is 0 Å². The third kappa shape index (κ3) is 4.90. The van der Waals surface area contributed by atoms with Gasteiger partial charge in [-0.15, -0.1) is 0 Å². The molecule has 3 heterocycles. The molecule has 1 aliphatic heterocycles. The first-order valence-corrected chi connectivity index (χ1v) is 9.48. The zero-order valence-corrected chi connectivity index (χ0v) is 17.1. The van der Waals surface area contributed by atoms with Gasteiger partial charge in [-0.25, -0.2) is 4.39 Å². The van der Waals surface area contributed by atoms with Gasteiger partial charge in [-0.1, -0.05) is 0 Å². The van der Waals surface area contributed by atoms with Crippen LogP contribution >= 0.6 is 0 Å². The van der Waals surface area contributed by atoms with E-state index in [-0.39, 0.29) is 5.82 Å². The van der Waals surface area contributed by atoms with Crippen molar-refractivity contribution in [2.45, 2.75) is 25.8 Å². The lowest BCUT2D eigenvalue weighted by atomic mass is 9.82. The predicted molar refractivity (Wildman–Crippen MR) is 116 cm³/mol. The Morgan fingerprint density at radius 3 is 2.74 bits per heavy atom. The molecule has 0 radical (unpaired) electrons. The van der Waals surface area contributed by atoms with Gasteiger partial charge in [0.1, 0.15) is 17.7 Å². The number of rotatable bonds is 3. The predicted octanol–water partition coefficient (Wildman–Crippen LogP) is 3.23. The van der Waals surface area contributed by atoms with Crippen LogP contribution in [0.5, 0.6) is 0 Å². The standard InChI is InChI=1S/C16H15FN4O.C7H6N2/c1-16(13-6-11(20-9-22)2-3-14(13)17)7-10-8-19-5-4-12(10)15(18)21-16;1-6-2-3-7(4-8)5-9-6/h2-6,8-9H,7H2,1H3,(H2,18,21)(H,20,22);2-3,5H,1H3. The average Bonchev–Trinajstić information content (AvgIpc) is 2.76. The van der Waals surface area contributed by atoms with Crippen LogP contribution in [-0.2, 0) is 16.8 Å². The number of hydrogen-bond donors (Lipinski definition) is 2. The second kappa shape index (κ2) is 9.13. The molecule has 2 aromatic heterocycles. The summed E-state index contributed by atoms with van der Waals surface area (Å²) < 4.78 is 14.3. The first-order valence-electron chi connectivity index (χ1n) is 9.48. The van der Waals surface area contributed by atoms with Gasteiger partial charge in [-0.05, 0) is 55.8 Å². The molecule has 156 valence electrons. The third-order valence-electron chi connectivity index (χ3n) is 4.89. The second-order valence-corrected chi connectivity index (χ2v) is 7.24. The topological polar surface area (TPSA) is 117 Å². The molecule has 3 N–H and O–H groups in total. The number of benzene rings is 1. The number of carbonyl (C=O) groups is 1. The number of aryl methyl sites for hydroxylation is 1. The van der Waals surface area contributed by atoms with E-state index in [0.717, 1.165) is 16.8 Å². The molecule has 1 unspecified atom stereocenters. The molecule has 1 atom stereocenters. The lowest BCUT2D eigenvalue weighted by molar-refractivity contribution is -0.105. The summed E-state index contributed by atoms with van der Waals surface area (Å²) >= 11 is 0. The number of nitrogens with one attached hydrogen (secondary N) is 1. The number of nitriles is 1. The summed E-state index contributed by atoms with van der Waals surface area (Å²) in [5.74, 6) is -0.0258. The van der Waals surface area contributed by atoms with Gasteiger partial charge < -0.3 is 11.1 Å². The van der Waals surface area contributed by atoms with Crippen LogP contribution in [0.25, 0.3) is 0 Å². The number of halogens is 1. The van der Waals surface area contributed by atoms with Crippen molar-refractivity contribution in [3.05, 3.63) is 88.8 Å². The highest BCUT2D eigenvalue weighted by Crippen LogP contribution is 2.36. The Bertz CT molecular complexity index is 1170. The number of nitrogens with two attached hydrogens (primary N) is 1. The van der Waals surface area contributed by atoms with E-state index in [1.807, 2.05) is 26.0 Å². The van der Waals surface area contributed by atoms with Gasteiger partial charge in [0.25, 0.3) is 0 Å². The molecule has 0 spiro atoms. The fourth-order valence-corrected chi connectivity index (χ4v) is 3.34. The summed E-state index contributed by atoms with van der Waals surface area (Å²) in [6, 6.07) is 11.8. The van der Waals surface area contributed by atoms with Crippen LogP contribution in [0.4, 0.5) is 10.1 Å². The number of hydrogen-bond acceptors (Lipinski definition) is 6. The monoisotopic (exact) mass is 416 g/mol. The summed E-state index contributed by atoms with van der Waals surface area (Å²) in [5, 5.41) is 10.9. The molecule has 7 nitrogen and oxygen atoms in total. The van der Waals surface area contributed by atoms with Crippen LogP contribution < -0.4 is 11.1 Å². The molecular weight excluding hydrogens is 395 g/mol. The fourth-order valence-electron chi connectivity index (χ4n) is 3.34. The molecule has 8 heteroatoms. The summed E-state index contributed by atoms with van der Waals surface area (Å²) in [7, 11) is 0. The maximum absolute atomic E-state index is 14.3. The molecular formula is C23H21FN6O. The SMILES string of the molecule is CC1(c2cc(NC=O)ccc2F)Cc2cnccc2C(N)=N1.Cc1ccc(C#N)cn1. The van der Waals surface area contributed by atoms with E-state index in [1.165, 1.54) is 12.1 Å². The maximum Gasteiger partial charge on any atom is 0.211 e. The molecule has 4 rings (SSSR count). The molecule has 1 amide bonds. The molecule has 0 saturated heterocycles. The Kier molecular flexibility index (Phi) is 6.36. The van der Waals surface area contributed by atoms with Gasteiger partial charge in [-0.2, -0.15) is 5.26 Å². The number of aliphatic imine (C=N–C) groups is 1. The molecule has 3 aromatic rings. The van der Waals surface area contributed by atoms with Crippen LogP contribution in [0.15, 0.2) is 60.0 Å². The number of nitrogens with zero attached hydrogens (tertiary/aromatic N) is 4. The molecule has 0 aliphatic carbocycles. The Morgan fingerprint density at radius 2 is 2.06 bits per heavy atom. The van der Waals surface area contributed by atoms with Crippen LogP contribution in [0, 0.1) is 24.1 Å². The van der Waals surface area contributed by atoms with Gasteiger partial charge in [0.2, 0.25) is 6.41 Å². The average molecular weight is 416 g/mol. The van der Waals surface area contributed by atoms with Crippen molar-refractivity contribution < 1.29 is 9.18 Å². The van der Waals surface area contributed by atoms with Crippen molar-refractivity contribution in [3.8, 4) is 6.07 Å². The lowest BCUT2D eigenvalue weighted by Gasteiger charge is -2.32.